The van der Waals surface area contributed by atoms with Crippen molar-refractivity contribution >= 4 is 5.91 Å². The van der Waals surface area contributed by atoms with Crippen LogP contribution < -0.4 is 10.6 Å². The number of hydrogen-bond acceptors (Lipinski definition) is 2. The lowest BCUT2D eigenvalue weighted by Gasteiger charge is -2.27. The van der Waals surface area contributed by atoms with Crippen molar-refractivity contribution in [2.24, 2.45) is 5.92 Å². The second kappa shape index (κ2) is 4.61. The zero-order valence-electron chi connectivity index (χ0n) is 8.76. The molecule has 1 heterocycles. The summed E-state index contributed by atoms with van der Waals surface area (Å²) in [5.74, 6) is 0.382. The Morgan fingerprint density at radius 3 is 2.62 bits per heavy atom. The molecule has 1 aliphatic rings. The first-order valence-electron chi connectivity index (χ1n) is 5.13. The Morgan fingerprint density at radius 1 is 1.46 bits per heavy atom. The van der Waals surface area contributed by atoms with Gasteiger partial charge in [-0.2, -0.15) is 0 Å². The van der Waals surface area contributed by atoms with Crippen molar-refractivity contribution in [3.05, 3.63) is 0 Å². The molecular weight excluding hydrogens is 164 g/mol. The van der Waals surface area contributed by atoms with Gasteiger partial charge in [0.15, 0.2) is 0 Å². The van der Waals surface area contributed by atoms with Crippen LogP contribution in [-0.2, 0) is 4.79 Å². The Hall–Kier alpha value is -0.570. The SMILES string of the molecule is CC(C)NC(=O)C1CCC(C)NC1. The minimum Gasteiger partial charge on any atom is -0.354 e. The highest BCUT2D eigenvalue weighted by Gasteiger charge is 2.23. The molecule has 0 aromatic carbocycles. The van der Waals surface area contributed by atoms with E-state index < -0.39 is 0 Å². The molecule has 2 unspecified atom stereocenters. The van der Waals surface area contributed by atoms with Crippen LogP contribution in [0.15, 0.2) is 0 Å². The maximum Gasteiger partial charge on any atom is 0.224 e. The van der Waals surface area contributed by atoms with Gasteiger partial charge in [0.2, 0.25) is 5.91 Å². The van der Waals surface area contributed by atoms with Gasteiger partial charge in [0.05, 0.1) is 5.92 Å². The van der Waals surface area contributed by atoms with Crippen molar-refractivity contribution in [2.75, 3.05) is 6.54 Å². The van der Waals surface area contributed by atoms with Gasteiger partial charge in [-0.15, -0.1) is 0 Å². The van der Waals surface area contributed by atoms with Crippen molar-refractivity contribution in [1.82, 2.24) is 10.6 Å². The fourth-order valence-corrected chi connectivity index (χ4v) is 1.62. The normalized spacial score (nSPS) is 28.9. The summed E-state index contributed by atoms with van der Waals surface area (Å²) in [6, 6.07) is 0.829. The summed E-state index contributed by atoms with van der Waals surface area (Å²) in [6.07, 6.45) is 2.13. The molecular formula is C10H20N2O. The van der Waals surface area contributed by atoms with Crippen molar-refractivity contribution in [1.29, 1.82) is 0 Å². The molecule has 1 saturated heterocycles. The minimum atomic E-state index is 0.179. The Kier molecular flexibility index (Phi) is 3.72. The Bertz CT molecular complexity index is 172. The third-order valence-electron chi connectivity index (χ3n) is 2.46. The van der Waals surface area contributed by atoms with E-state index in [2.05, 4.69) is 17.6 Å². The molecule has 0 aliphatic carbocycles. The summed E-state index contributed by atoms with van der Waals surface area (Å²) in [5, 5.41) is 6.27. The molecule has 13 heavy (non-hydrogen) atoms. The molecule has 2 N–H and O–H groups in total. The van der Waals surface area contributed by atoms with Crippen LogP contribution in [0.5, 0.6) is 0 Å². The van der Waals surface area contributed by atoms with Gasteiger partial charge in [-0.05, 0) is 33.6 Å². The van der Waals surface area contributed by atoms with Crippen LogP contribution in [0.3, 0.4) is 0 Å². The lowest BCUT2D eigenvalue weighted by atomic mass is 9.94. The van der Waals surface area contributed by atoms with E-state index in [1.54, 1.807) is 0 Å². The van der Waals surface area contributed by atoms with E-state index in [0.717, 1.165) is 19.4 Å². The molecule has 0 aromatic heterocycles. The zero-order chi connectivity index (χ0) is 9.84. The number of rotatable bonds is 2. The van der Waals surface area contributed by atoms with Gasteiger partial charge in [-0.3, -0.25) is 4.79 Å². The molecule has 76 valence electrons. The van der Waals surface area contributed by atoms with E-state index in [-0.39, 0.29) is 17.9 Å². The van der Waals surface area contributed by atoms with Crippen LogP contribution >= 0.6 is 0 Å². The third-order valence-corrected chi connectivity index (χ3v) is 2.46. The second-order valence-electron chi connectivity index (χ2n) is 4.25. The molecule has 0 aromatic rings. The number of amides is 1. The van der Waals surface area contributed by atoms with Gasteiger partial charge in [0.25, 0.3) is 0 Å². The van der Waals surface area contributed by atoms with Crippen LogP contribution in [0.25, 0.3) is 0 Å². The van der Waals surface area contributed by atoms with Crippen molar-refractivity contribution in [2.45, 2.75) is 45.7 Å². The summed E-state index contributed by atoms with van der Waals surface area (Å²) < 4.78 is 0. The van der Waals surface area contributed by atoms with E-state index in [4.69, 9.17) is 0 Å². The molecule has 0 bridgehead atoms. The van der Waals surface area contributed by atoms with E-state index in [1.165, 1.54) is 0 Å². The van der Waals surface area contributed by atoms with Crippen LogP contribution in [0.1, 0.15) is 33.6 Å². The van der Waals surface area contributed by atoms with Gasteiger partial charge in [-0.25, -0.2) is 0 Å². The average Bonchev–Trinajstić information content (AvgIpc) is 2.04. The predicted molar refractivity (Wildman–Crippen MR) is 53.5 cm³/mol. The summed E-state index contributed by atoms with van der Waals surface area (Å²) in [4.78, 5) is 11.6. The first-order valence-corrected chi connectivity index (χ1v) is 5.13. The van der Waals surface area contributed by atoms with E-state index >= 15 is 0 Å². The maximum absolute atomic E-state index is 11.6. The van der Waals surface area contributed by atoms with Gasteiger partial charge in [0.1, 0.15) is 0 Å². The van der Waals surface area contributed by atoms with E-state index in [0.29, 0.717) is 6.04 Å². The summed E-state index contributed by atoms with van der Waals surface area (Å²) in [5.41, 5.74) is 0. The topological polar surface area (TPSA) is 41.1 Å². The van der Waals surface area contributed by atoms with E-state index in [9.17, 15) is 4.79 Å². The molecule has 0 spiro atoms. The number of carbonyl (C=O) groups is 1. The smallest absolute Gasteiger partial charge is 0.224 e. The fraction of sp³-hybridized carbons (Fsp3) is 0.900. The molecule has 1 rings (SSSR count). The highest BCUT2D eigenvalue weighted by Crippen LogP contribution is 2.14. The first kappa shape index (κ1) is 10.5. The molecule has 2 atom stereocenters. The summed E-state index contributed by atoms with van der Waals surface area (Å²) in [6.45, 7) is 6.99. The summed E-state index contributed by atoms with van der Waals surface area (Å²) >= 11 is 0. The van der Waals surface area contributed by atoms with Crippen molar-refractivity contribution < 1.29 is 4.79 Å². The standard InChI is InChI=1S/C10H20N2O/c1-7(2)12-10(13)9-5-4-8(3)11-6-9/h7-9,11H,4-6H2,1-3H3,(H,12,13). The Labute approximate surface area is 80.3 Å². The second-order valence-corrected chi connectivity index (χ2v) is 4.25. The van der Waals surface area contributed by atoms with Gasteiger partial charge < -0.3 is 10.6 Å². The highest BCUT2D eigenvalue weighted by atomic mass is 16.1. The summed E-state index contributed by atoms with van der Waals surface area (Å²) in [7, 11) is 0. The predicted octanol–water partition coefficient (Wildman–Crippen LogP) is 0.899. The van der Waals surface area contributed by atoms with Crippen molar-refractivity contribution in [3.63, 3.8) is 0 Å². The van der Waals surface area contributed by atoms with Gasteiger partial charge >= 0.3 is 0 Å². The molecule has 1 amide bonds. The Morgan fingerprint density at radius 2 is 2.15 bits per heavy atom. The van der Waals surface area contributed by atoms with Crippen LogP contribution in [0, 0.1) is 5.92 Å². The highest BCUT2D eigenvalue weighted by molar-refractivity contribution is 5.79. The fourth-order valence-electron chi connectivity index (χ4n) is 1.62. The number of hydrogen-bond donors (Lipinski definition) is 2. The first-order chi connectivity index (χ1) is 6.09. The maximum atomic E-state index is 11.6. The quantitative estimate of drug-likeness (QED) is 0.669. The lowest BCUT2D eigenvalue weighted by Crippen LogP contribution is -2.45. The van der Waals surface area contributed by atoms with Crippen LogP contribution in [-0.4, -0.2) is 24.5 Å². The number of nitrogens with one attached hydrogen (secondary N) is 2. The molecule has 0 saturated carbocycles. The minimum absolute atomic E-state index is 0.179. The van der Waals surface area contributed by atoms with Crippen LogP contribution in [0.2, 0.25) is 0 Å². The monoisotopic (exact) mass is 184 g/mol. The molecule has 3 heteroatoms. The molecule has 3 nitrogen and oxygen atoms in total. The number of piperidine rings is 1. The van der Waals surface area contributed by atoms with Gasteiger partial charge in [0, 0.05) is 18.6 Å². The largest absolute Gasteiger partial charge is 0.354 e. The Balaban J connectivity index is 2.31. The van der Waals surface area contributed by atoms with E-state index in [1.807, 2.05) is 13.8 Å². The molecule has 0 radical (unpaired) electrons. The lowest BCUT2D eigenvalue weighted by molar-refractivity contribution is -0.126. The number of carbonyl (C=O) groups excluding carboxylic acids is 1. The average molecular weight is 184 g/mol. The van der Waals surface area contributed by atoms with Crippen molar-refractivity contribution in [3.8, 4) is 0 Å². The molecule has 1 aliphatic heterocycles. The zero-order valence-corrected chi connectivity index (χ0v) is 8.76. The van der Waals surface area contributed by atoms with Crippen LogP contribution in [0.4, 0.5) is 0 Å². The molecule has 1 fully saturated rings. The third kappa shape index (κ3) is 3.35. The van der Waals surface area contributed by atoms with Gasteiger partial charge in [-0.1, -0.05) is 0 Å².